The van der Waals surface area contributed by atoms with Crippen molar-refractivity contribution in [3.8, 4) is 0 Å². The molecule has 0 saturated carbocycles. The van der Waals surface area contributed by atoms with Crippen molar-refractivity contribution in [2.45, 2.75) is 18.4 Å². The molecule has 1 aromatic rings. The number of benzene rings is 1. The summed E-state index contributed by atoms with van der Waals surface area (Å²) in [4.78, 5) is 38.0. The maximum absolute atomic E-state index is 12.8. The molecule has 1 aromatic carbocycles. The first kappa shape index (κ1) is 17.6. The van der Waals surface area contributed by atoms with Crippen LogP contribution in [0.3, 0.4) is 0 Å². The number of ketones is 1. The van der Waals surface area contributed by atoms with E-state index in [0.29, 0.717) is 0 Å². The molecule has 3 saturated heterocycles. The molecule has 1 atom stereocenters. The van der Waals surface area contributed by atoms with Gasteiger partial charge in [-0.25, -0.2) is 9.59 Å². The minimum Gasteiger partial charge on any atom is -0.478 e. The maximum Gasteiger partial charge on any atom is 0.338 e. The molecule has 3 aliphatic rings. The fraction of sp³-hybridized carbons (Fsp3) is 0.500. The first-order valence-electron chi connectivity index (χ1n) is 8.27. The Balaban J connectivity index is 1.72. The molecule has 0 radical (unpaired) electrons. The maximum atomic E-state index is 12.8. The summed E-state index contributed by atoms with van der Waals surface area (Å²) in [5, 5.41) is 8.90. The standard InChI is InChI=1S/C18H21NO6/c1-24-10-18(15(20)12-6-8-19(18)9-7-12)11-25-17(23)14-4-2-13(3-5-14)16(21)22/h2-5,12H,6-11H2,1H3,(H,21,22). The summed E-state index contributed by atoms with van der Waals surface area (Å²) in [5.41, 5.74) is -0.564. The predicted octanol–water partition coefficient (Wildman–Crippen LogP) is 1.22. The lowest BCUT2D eigenvalue weighted by atomic mass is 9.74. The number of hydrogen-bond donors (Lipinski definition) is 1. The van der Waals surface area contributed by atoms with Crippen LogP contribution in [0.25, 0.3) is 0 Å². The minimum atomic E-state index is -1.06. The van der Waals surface area contributed by atoms with E-state index in [9.17, 15) is 14.4 Å². The van der Waals surface area contributed by atoms with Crippen molar-refractivity contribution in [1.82, 2.24) is 4.90 Å². The Kier molecular flexibility index (Phi) is 4.87. The Labute approximate surface area is 145 Å². The van der Waals surface area contributed by atoms with Gasteiger partial charge in [0.25, 0.3) is 0 Å². The first-order valence-corrected chi connectivity index (χ1v) is 8.27. The van der Waals surface area contributed by atoms with Gasteiger partial charge in [0.05, 0.1) is 17.7 Å². The summed E-state index contributed by atoms with van der Waals surface area (Å²) in [6.45, 7) is 1.72. The number of piperidine rings is 3. The summed E-state index contributed by atoms with van der Waals surface area (Å²) in [5.74, 6) is -1.55. The lowest BCUT2D eigenvalue weighted by Crippen LogP contribution is -2.69. The molecule has 0 spiro atoms. The summed E-state index contributed by atoms with van der Waals surface area (Å²) >= 11 is 0. The molecule has 0 aromatic heterocycles. The molecule has 3 aliphatic heterocycles. The molecular weight excluding hydrogens is 326 g/mol. The van der Waals surface area contributed by atoms with E-state index in [0.717, 1.165) is 25.9 Å². The van der Waals surface area contributed by atoms with Crippen LogP contribution in [0.5, 0.6) is 0 Å². The molecule has 134 valence electrons. The third kappa shape index (κ3) is 3.17. The zero-order valence-corrected chi connectivity index (χ0v) is 14.1. The summed E-state index contributed by atoms with van der Waals surface area (Å²) in [7, 11) is 1.53. The van der Waals surface area contributed by atoms with E-state index in [1.807, 2.05) is 0 Å². The third-order valence-electron chi connectivity index (χ3n) is 5.12. The van der Waals surface area contributed by atoms with Crippen molar-refractivity contribution in [1.29, 1.82) is 0 Å². The number of fused-ring (bicyclic) bond motifs is 3. The van der Waals surface area contributed by atoms with Gasteiger partial charge in [-0.05, 0) is 37.1 Å². The Morgan fingerprint density at radius 2 is 1.76 bits per heavy atom. The summed E-state index contributed by atoms with van der Waals surface area (Å²) in [6, 6.07) is 5.51. The Bertz CT molecular complexity index is 677. The average molecular weight is 347 g/mol. The second-order valence-corrected chi connectivity index (χ2v) is 6.55. The van der Waals surface area contributed by atoms with Crippen LogP contribution >= 0.6 is 0 Å². The van der Waals surface area contributed by atoms with Gasteiger partial charge in [-0.1, -0.05) is 0 Å². The Morgan fingerprint density at radius 1 is 1.16 bits per heavy atom. The van der Waals surface area contributed by atoms with Crippen LogP contribution in [0, 0.1) is 5.92 Å². The largest absolute Gasteiger partial charge is 0.478 e. The van der Waals surface area contributed by atoms with Crippen molar-refractivity contribution < 1.29 is 29.0 Å². The van der Waals surface area contributed by atoms with Gasteiger partial charge >= 0.3 is 11.9 Å². The predicted molar refractivity (Wildman–Crippen MR) is 87.6 cm³/mol. The van der Waals surface area contributed by atoms with Crippen LogP contribution in [-0.4, -0.2) is 66.7 Å². The Hall–Kier alpha value is -2.25. The molecule has 4 rings (SSSR count). The summed E-state index contributed by atoms with van der Waals surface area (Å²) < 4.78 is 10.7. The van der Waals surface area contributed by atoms with E-state index >= 15 is 0 Å². The fourth-order valence-electron chi connectivity index (χ4n) is 3.73. The van der Waals surface area contributed by atoms with E-state index in [1.165, 1.54) is 31.4 Å². The van der Waals surface area contributed by atoms with Gasteiger partial charge in [-0.15, -0.1) is 0 Å². The van der Waals surface area contributed by atoms with Crippen molar-refractivity contribution in [3.63, 3.8) is 0 Å². The van der Waals surface area contributed by atoms with E-state index in [2.05, 4.69) is 4.90 Å². The molecule has 3 heterocycles. The molecule has 0 aliphatic carbocycles. The van der Waals surface area contributed by atoms with E-state index in [-0.39, 0.29) is 36.0 Å². The number of hydrogen-bond acceptors (Lipinski definition) is 6. The van der Waals surface area contributed by atoms with Crippen LogP contribution in [0.15, 0.2) is 24.3 Å². The van der Waals surface area contributed by atoms with E-state index < -0.39 is 17.5 Å². The monoisotopic (exact) mass is 347 g/mol. The van der Waals surface area contributed by atoms with E-state index in [4.69, 9.17) is 14.6 Å². The zero-order chi connectivity index (χ0) is 18.0. The molecule has 3 fully saturated rings. The van der Waals surface area contributed by atoms with Crippen LogP contribution in [0.2, 0.25) is 0 Å². The van der Waals surface area contributed by atoms with Crippen molar-refractivity contribution in [2.75, 3.05) is 33.4 Å². The number of carboxylic acids is 1. The van der Waals surface area contributed by atoms with Crippen LogP contribution in [0.4, 0.5) is 0 Å². The molecule has 25 heavy (non-hydrogen) atoms. The lowest BCUT2D eigenvalue weighted by molar-refractivity contribution is -0.158. The third-order valence-corrected chi connectivity index (χ3v) is 5.12. The normalized spacial score (nSPS) is 28.0. The summed E-state index contributed by atoms with van der Waals surface area (Å²) in [6.07, 6.45) is 1.68. The average Bonchev–Trinajstić information content (AvgIpc) is 2.64. The number of carboxylic acid groups (broad SMARTS) is 1. The minimum absolute atomic E-state index is 0.00806. The number of aromatic carboxylic acids is 1. The number of esters is 1. The van der Waals surface area contributed by atoms with E-state index in [1.54, 1.807) is 0 Å². The number of nitrogens with zero attached hydrogens (tertiary/aromatic N) is 1. The highest BCUT2D eigenvalue weighted by atomic mass is 16.5. The fourth-order valence-corrected chi connectivity index (χ4v) is 3.73. The number of rotatable bonds is 6. The smallest absolute Gasteiger partial charge is 0.338 e. The Morgan fingerprint density at radius 3 is 2.28 bits per heavy atom. The number of carbonyl (C=O) groups excluding carboxylic acids is 2. The van der Waals surface area contributed by atoms with Gasteiger partial charge in [0, 0.05) is 26.1 Å². The highest BCUT2D eigenvalue weighted by Gasteiger charge is 2.54. The molecule has 0 amide bonds. The second-order valence-electron chi connectivity index (χ2n) is 6.55. The van der Waals surface area contributed by atoms with Gasteiger partial charge in [0.2, 0.25) is 0 Å². The number of methoxy groups -OCH3 is 1. The van der Waals surface area contributed by atoms with Gasteiger partial charge < -0.3 is 14.6 Å². The lowest BCUT2D eigenvalue weighted by Gasteiger charge is -2.51. The topological polar surface area (TPSA) is 93.1 Å². The highest BCUT2D eigenvalue weighted by Crippen LogP contribution is 2.36. The van der Waals surface area contributed by atoms with Gasteiger partial charge in [-0.2, -0.15) is 0 Å². The molecular formula is C18H21NO6. The van der Waals surface area contributed by atoms with Gasteiger partial charge in [-0.3, -0.25) is 9.69 Å². The molecule has 1 unspecified atom stereocenters. The van der Waals surface area contributed by atoms with Crippen LogP contribution < -0.4 is 0 Å². The second kappa shape index (κ2) is 6.93. The van der Waals surface area contributed by atoms with Crippen LogP contribution in [0.1, 0.15) is 33.6 Å². The number of carbonyl (C=O) groups is 3. The van der Waals surface area contributed by atoms with Gasteiger partial charge in [0.1, 0.15) is 12.1 Å². The van der Waals surface area contributed by atoms with Gasteiger partial charge in [0.15, 0.2) is 5.78 Å². The highest BCUT2D eigenvalue weighted by molar-refractivity contribution is 5.94. The number of Topliss-reactive ketones (excluding diaryl/α,β-unsaturated/α-hetero) is 1. The first-order chi connectivity index (χ1) is 12.0. The quantitative estimate of drug-likeness (QED) is 0.773. The van der Waals surface area contributed by atoms with Crippen LogP contribution in [-0.2, 0) is 14.3 Å². The number of ether oxygens (including phenoxy) is 2. The molecule has 2 bridgehead atoms. The van der Waals surface area contributed by atoms with Crippen molar-refractivity contribution in [3.05, 3.63) is 35.4 Å². The molecule has 1 N–H and O–H groups in total. The SMILES string of the molecule is COCC1(COC(=O)c2ccc(C(=O)O)cc2)C(=O)C2CCN1CC2. The molecule has 7 heteroatoms. The van der Waals surface area contributed by atoms with Crippen molar-refractivity contribution in [2.24, 2.45) is 5.92 Å². The molecule has 7 nitrogen and oxygen atoms in total. The van der Waals surface area contributed by atoms with Crippen molar-refractivity contribution >= 4 is 17.7 Å². The zero-order valence-electron chi connectivity index (χ0n) is 14.1.